The molecule has 0 fully saturated rings. The van der Waals surface area contributed by atoms with Crippen molar-refractivity contribution in [1.82, 2.24) is 0 Å². The minimum absolute atomic E-state index is 0.228. The first kappa shape index (κ1) is 19.0. The molecule has 0 aliphatic carbocycles. The van der Waals surface area contributed by atoms with Gasteiger partial charge in [-0.1, -0.05) is 18.2 Å². The maximum Gasteiger partial charge on any atom is 0.342 e. The number of para-hydroxylation sites is 1. The normalized spacial score (nSPS) is 9.96. The first-order valence-corrected chi connectivity index (χ1v) is 7.75. The van der Waals surface area contributed by atoms with Gasteiger partial charge in [-0.15, -0.1) is 0 Å². The van der Waals surface area contributed by atoms with Crippen molar-refractivity contribution in [2.45, 2.75) is 6.92 Å². The van der Waals surface area contributed by atoms with E-state index in [2.05, 4.69) is 10.1 Å². The molecule has 0 saturated heterocycles. The van der Waals surface area contributed by atoms with Crippen LogP contribution in [-0.4, -0.2) is 38.7 Å². The van der Waals surface area contributed by atoms with E-state index in [4.69, 9.17) is 9.47 Å². The summed E-state index contributed by atoms with van der Waals surface area (Å²) in [5.74, 6) is -1.35. The maximum absolute atomic E-state index is 12.1. The van der Waals surface area contributed by atoms with Gasteiger partial charge in [-0.05, 0) is 36.8 Å². The fraction of sp³-hybridized carbons (Fsp3) is 0.211. The second kappa shape index (κ2) is 8.66. The molecule has 7 nitrogen and oxygen atoms in total. The van der Waals surface area contributed by atoms with Crippen LogP contribution in [0.25, 0.3) is 0 Å². The van der Waals surface area contributed by atoms with Crippen LogP contribution in [0.5, 0.6) is 5.75 Å². The summed E-state index contributed by atoms with van der Waals surface area (Å²) in [4.78, 5) is 35.7. The summed E-state index contributed by atoms with van der Waals surface area (Å²) in [6.45, 7) is 1.30. The Morgan fingerprint density at radius 1 is 1.00 bits per heavy atom. The number of aryl methyl sites for hydroxylation is 1. The number of carbonyl (C=O) groups excluding carboxylic acids is 3. The molecule has 0 unspecified atom stereocenters. The molecule has 136 valence electrons. The molecule has 0 spiro atoms. The number of methoxy groups -OCH3 is 2. The van der Waals surface area contributed by atoms with Gasteiger partial charge < -0.3 is 19.5 Å². The van der Waals surface area contributed by atoms with Gasteiger partial charge in [-0.2, -0.15) is 0 Å². The molecule has 1 amide bonds. The molecule has 0 bridgehead atoms. The molecule has 0 aromatic heterocycles. The molecule has 0 saturated carbocycles. The highest BCUT2D eigenvalue weighted by atomic mass is 16.5. The van der Waals surface area contributed by atoms with E-state index in [1.54, 1.807) is 43.3 Å². The van der Waals surface area contributed by atoms with Crippen LogP contribution in [0.15, 0.2) is 42.5 Å². The highest BCUT2D eigenvalue weighted by molar-refractivity contribution is 5.98. The van der Waals surface area contributed by atoms with Gasteiger partial charge in [0, 0.05) is 5.69 Å². The van der Waals surface area contributed by atoms with Gasteiger partial charge in [0.05, 0.1) is 19.8 Å². The van der Waals surface area contributed by atoms with Gasteiger partial charge in [0.15, 0.2) is 6.61 Å². The number of hydrogen-bond donors (Lipinski definition) is 1. The van der Waals surface area contributed by atoms with E-state index in [0.29, 0.717) is 17.0 Å². The summed E-state index contributed by atoms with van der Waals surface area (Å²) in [5.41, 5.74) is 1.72. The lowest BCUT2D eigenvalue weighted by atomic mass is 10.1. The molecular weight excluding hydrogens is 338 g/mol. The van der Waals surface area contributed by atoms with Crippen LogP contribution >= 0.6 is 0 Å². The summed E-state index contributed by atoms with van der Waals surface area (Å²) in [6, 6.07) is 11.3. The molecule has 0 aliphatic heterocycles. The number of rotatable bonds is 6. The lowest BCUT2D eigenvalue weighted by molar-refractivity contribution is -0.119. The largest absolute Gasteiger partial charge is 0.496 e. The van der Waals surface area contributed by atoms with Crippen LogP contribution in [-0.2, 0) is 14.3 Å². The van der Waals surface area contributed by atoms with Crippen molar-refractivity contribution in [2.24, 2.45) is 0 Å². The van der Waals surface area contributed by atoms with E-state index >= 15 is 0 Å². The van der Waals surface area contributed by atoms with Crippen molar-refractivity contribution >= 4 is 23.5 Å². The monoisotopic (exact) mass is 357 g/mol. The quantitative estimate of drug-likeness (QED) is 0.799. The molecular formula is C19H19NO6. The number of ether oxygens (including phenoxy) is 3. The van der Waals surface area contributed by atoms with E-state index < -0.39 is 24.5 Å². The molecule has 2 aromatic carbocycles. The lowest BCUT2D eigenvalue weighted by Gasteiger charge is -2.11. The molecule has 2 aromatic rings. The van der Waals surface area contributed by atoms with Crippen LogP contribution in [0.2, 0.25) is 0 Å². The van der Waals surface area contributed by atoms with Crippen molar-refractivity contribution in [2.75, 3.05) is 26.1 Å². The standard InChI is InChI=1S/C19H19NO6/c1-12-8-9-13(18(22)25-3)10-15(12)20-17(21)11-26-19(23)14-6-4-5-7-16(14)24-2/h4-10H,11H2,1-3H3,(H,20,21). The second-order valence-electron chi connectivity index (χ2n) is 5.35. The molecule has 26 heavy (non-hydrogen) atoms. The molecule has 0 atom stereocenters. The fourth-order valence-electron chi connectivity index (χ4n) is 2.21. The van der Waals surface area contributed by atoms with E-state index in [9.17, 15) is 14.4 Å². The number of nitrogens with one attached hydrogen (secondary N) is 1. The zero-order valence-corrected chi connectivity index (χ0v) is 14.7. The zero-order valence-electron chi connectivity index (χ0n) is 14.7. The summed E-state index contributed by atoms with van der Waals surface area (Å²) in [7, 11) is 2.72. The maximum atomic E-state index is 12.1. The van der Waals surface area contributed by atoms with Crippen LogP contribution in [0.4, 0.5) is 5.69 Å². The van der Waals surface area contributed by atoms with Gasteiger partial charge in [0.2, 0.25) is 0 Å². The highest BCUT2D eigenvalue weighted by Gasteiger charge is 2.15. The Morgan fingerprint density at radius 2 is 1.73 bits per heavy atom. The van der Waals surface area contributed by atoms with E-state index in [1.807, 2.05) is 0 Å². The fourth-order valence-corrected chi connectivity index (χ4v) is 2.21. The zero-order chi connectivity index (χ0) is 19.1. The second-order valence-corrected chi connectivity index (χ2v) is 5.35. The number of carbonyl (C=O) groups is 3. The average Bonchev–Trinajstić information content (AvgIpc) is 2.67. The third-order valence-electron chi connectivity index (χ3n) is 3.59. The number of anilines is 1. The van der Waals surface area contributed by atoms with Gasteiger partial charge in [0.25, 0.3) is 5.91 Å². The first-order chi connectivity index (χ1) is 12.5. The van der Waals surface area contributed by atoms with E-state index in [0.717, 1.165) is 5.56 Å². The number of hydrogen-bond acceptors (Lipinski definition) is 6. The van der Waals surface area contributed by atoms with Crippen LogP contribution in [0.3, 0.4) is 0 Å². The third kappa shape index (κ3) is 4.60. The van der Waals surface area contributed by atoms with Crippen molar-refractivity contribution in [1.29, 1.82) is 0 Å². The molecule has 0 heterocycles. The lowest BCUT2D eigenvalue weighted by Crippen LogP contribution is -2.21. The highest BCUT2D eigenvalue weighted by Crippen LogP contribution is 2.19. The SMILES string of the molecule is COC(=O)c1ccc(C)c(NC(=O)COC(=O)c2ccccc2OC)c1. The van der Waals surface area contributed by atoms with E-state index in [-0.39, 0.29) is 5.56 Å². The van der Waals surface area contributed by atoms with Crippen molar-refractivity contribution in [3.63, 3.8) is 0 Å². The van der Waals surface area contributed by atoms with Crippen LogP contribution in [0.1, 0.15) is 26.3 Å². The summed E-state index contributed by atoms with van der Waals surface area (Å²) in [5, 5.41) is 2.61. The van der Waals surface area contributed by atoms with Crippen molar-refractivity contribution in [3.8, 4) is 5.75 Å². The smallest absolute Gasteiger partial charge is 0.342 e. The molecule has 7 heteroatoms. The minimum Gasteiger partial charge on any atom is -0.496 e. The summed E-state index contributed by atoms with van der Waals surface area (Å²) in [6.07, 6.45) is 0. The number of esters is 2. The molecule has 2 rings (SSSR count). The van der Waals surface area contributed by atoms with E-state index in [1.165, 1.54) is 20.3 Å². The number of benzene rings is 2. The van der Waals surface area contributed by atoms with Gasteiger partial charge in [-0.3, -0.25) is 4.79 Å². The Balaban J connectivity index is 2.01. The van der Waals surface area contributed by atoms with Gasteiger partial charge in [0.1, 0.15) is 11.3 Å². The number of amides is 1. The topological polar surface area (TPSA) is 90.9 Å². The summed E-state index contributed by atoms with van der Waals surface area (Å²) >= 11 is 0. The predicted octanol–water partition coefficient (Wildman–Crippen LogP) is 2.59. The minimum atomic E-state index is -0.669. The van der Waals surface area contributed by atoms with Gasteiger partial charge >= 0.3 is 11.9 Å². The molecule has 1 N–H and O–H groups in total. The van der Waals surface area contributed by atoms with Crippen molar-refractivity contribution < 1.29 is 28.6 Å². The summed E-state index contributed by atoms with van der Waals surface area (Å²) < 4.78 is 14.8. The van der Waals surface area contributed by atoms with Crippen molar-refractivity contribution in [3.05, 3.63) is 59.2 Å². The average molecular weight is 357 g/mol. The Labute approximate surface area is 150 Å². The Bertz CT molecular complexity index is 831. The third-order valence-corrected chi connectivity index (χ3v) is 3.59. The molecule has 0 aliphatic rings. The van der Waals surface area contributed by atoms with Gasteiger partial charge in [-0.25, -0.2) is 9.59 Å². The molecule has 0 radical (unpaired) electrons. The Hall–Kier alpha value is -3.35. The predicted molar refractivity (Wildman–Crippen MR) is 94.4 cm³/mol. The Kier molecular flexibility index (Phi) is 6.32. The Morgan fingerprint density at radius 3 is 2.42 bits per heavy atom. The van der Waals surface area contributed by atoms with Crippen LogP contribution in [0, 0.1) is 6.92 Å². The first-order valence-electron chi connectivity index (χ1n) is 7.75. The van der Waals surface area contributed by atoms with Crippen LogP contribution < -0.4 is 10.1 Å².